The summed E-state index contributed by atoms with van der Waals surface area (Å²) in [7, 11) is 3.39. The third kappa shape index (κ3) is 4.69. The van der Waals surface area contributed by atoms with E-state index in [-0.39, 0.29) is 5.91 Å². The molecule has 0 spiro atoms. The normalized spacial score (nSPS) is 17.2. The van der Waals surface area contributed by atoms with E-state index in [2.05, 4.69) is 20.9 Å². The first-order chi connectivity index (χ1) is 12.9. The molecular formula is C19H15BrCl2N2O2S. The minimum atomic E-state index is -0.0607. The Labute approximate surface area is 180 Å². The first kappa shape index (κ1) is 20.3. The number of hydrogen-bond acceptors (Lipinski definition) is 4. The summed E-state index contributed by atoms with van der Waals surface area (Å²) in [5.74, 6) is 0.621. The number of amides is 1. The fourth-order valence-electron chi connectivity index (χ4n) is 2.42. The van der Waals surface area contributed by atoms with Gasteiger partial charge >= 0.3 is 0 Å². The largest absolute Gasteiger partial charge is 0.488 e. The van der Waals surface area contributed by atoms with Crippen molar-refractivity contribution in [3.05, 3.63) is 66.9 Å². The van der Waals surface area contributed by atoms with Crippen molar-refractivity contribution >= 4 is 68.0 Å². The van der Waals surface area contributed by atoms with Crippen LogP contribution in [-0.4, -0.2) is 30.1 Å². The Morgan fingerprint density at radius 2 is 2.04 bits per heavy atom. The van der Waals surface area contributed by atoms with Crippen LogP contribution < -0.4 is 4.74 Å². The third-order valence-electron chi connectivity index (χ3n) is 3.85. The van der Waals surface area contributed by atoms with Crippen LogP contribution in [0, 0.1) is 0 Å². The van der Waals surface area contributed by atoms with Crippen molar-refractivity contribution in [2.24, 2.45) is 4.99 Å². The van der Waals surface area contributed by atoms with Crippen LogP contribution in [0.3, 0.4) is 0 Å². The minimum absolute atomic E-state index is 0.0607. The molecule has 0 aromatic heterocycles. The summed E-state index contributed by atoms with van der Waals surface area (Å²) in [6.45, 7) is 0.324. The molecule has 3 rings (SSSR count). The monoisotopic (exact) mass is 484 g/mol. The summed E-state index contributed by atoms with van der Waals surface area (Å²) >= 11 is 17.0. The van der Waals surface area contributed by atoms with E-state index in [1.807, 2.05) is 30.3 Å². The molecule has 2 aromatic rings. The van der Waals surface area contributed by atoms with E-state index < -0.39 is 0 Å². The number of ether oxygens (including phenoxy) is 1. The second-order valence-corrected chi connectivity index (χ2v) is 8.40. The topological polar surface area (TPSA) is 41.9 Å². The Kier molecular flexibility index (Phi) is 6.52. The number of hydrogen-bond donors (Lipinski definition) is 0. The fourth-order valence-corrected chi connectivity index (χ4v) is 4.32. The molecule has 0 atom stereocenters. The van der Waals surface area contributed by atoms with Crippen molar-refractivity contribution in [2.45, 2.75) is 6.61 Å². The number of rotatable bonds is 4. The average molecular weight is 486 g/mol. The number of carbonyl (C=O) groups excluding carboxylic acids is 1. The zero-order valence-corrected chi connectivity index (χ0v) is 18.4. The minimum Gasteiger partial charge on any atom is -0.488 e. The molecule has 0 N–H and O–H groups in total. The van der Waals surface area contributed by atoms with Crippen molar-refractivity contribution < 1.29 is 9.53 Å². The van der Waals surface area contributed by atoms with Gasteiger partial charge in [0, 0.05) is 29.7 Å². The van der Waals surface area contributed by atoms with Crippen LogP contribution in [0.5, 0.6) is 5.75 Å². The quantitative estimate of drug-likeness (QED) is 0.508. The summed E-state index contributed by atoms with van der Waals surface area (Å²) < 4.78 is 6.63. The molecule has 1 aliphatic heterocycles. The highest BCUT2D eigenvalue weighted by Crippen LogP contribution is 2.33. The van der Waals surface area contributed by atoms with Crippen LogP contribution in [0.2, 0.25) is 10.0 Å². The number of nitrogens with zero attached hydrogens (tertiary/aromatic N) is 2. The third-order valence-corrected chi connectivity index (χ3v) is 6.20. The fraction of sp³-hybridized carbons (Fsp3) is 0.158. The standard InChI is InChI=1S/C19H15BrCl2N2O2S/c1-23-19-24(2)18(25)17(27-19)8-11-3-6-16(14(20)7-11)26-10-12-4-5-13(21)9-15(12)22/h3-9H,10H2,1-2H3/b17-8+,23-19?. The lowest BCUT2D eigenvalue weighted by molar-refractivity contribution is -0.121. The Bertz CT molecular complexity index is 963. The molecule has 27 heavy (non-hydrogen) atoms. The summed E-state index contributed by atoms with van der Waals surface area (Å²) in [6, 6.07) is 10.9. The molecule has 1 heterocycles. The number of thioether (sulfide) groups is 1. The van der Waals surface area contributed by atoms with Crippen LogP contribution in [0.4, 0.5) is 0 Å². The van der Waals surface area contributed by atoms with Gasteiger partial charge < -0.3 is 4.74 Å². The van der Waals surface area contributed by atoms with Crippen LogP contribution >= 0.6 is 50.9 Å². The van der Waals surface area contributed by atoms with Crippen molar-refractivity contribution in [3.63, 3.8) is 0 Å². The van der Waals surface area contributed by atoms with E-state index in [9.17, 15) is 4.79 Å². The molecule has 0 aliphatic carbocycles. The molecule has 1 fully saturated rings. The van der Waals surface area contributed by atoms with Crippen LogP contribution in [-0.2, 0) is 11.4 Å². The lowest BCUT2D eigenvalue weighted by Crippen LogP contribution is -2.23. The Balaban J connectivity index is 1.74. The molecule has 0 unspecified atom stereocenters. The highest BCUT2D eigenvalue weighted by atomic mass is 79.9. The maximum Gasteiger partial charge on any atom is 0.266 e. The maximum atomic E-state index is 12.2. The number of carbonyl (C=O) groups is 1. The lowest BCUT2D eigenvalue weighted by Gasteiger charge is -2.10. The van der Waals surface area contributed by atoms with Gasteiger partial charge in [0.05, 0.1) is 9.38 Å². The van der Waals surface area contributed by atoms with Gasteiger partial charge in [-0.15, -0.1) is 0 Å². The number of aliphatic imine (C=N–C) groups is 1. The van der Waals surface area contributed by atoms with Gasteiger partial charge in [-0.05, 0) is 63.6 Å². The SMILES string of the molecule is CN=C1S/C(=C/c2ccc(OCc3ccc(Cl)cc3Cl)c(Br)c2)C(=O)N1C. The smallest absolute Gasteiger partial charge is 0.266 e. The van der Waals surface area contributed by atoms with Crippen LogP contribution in [0.25, 0.3) is 6.08 Å². The molecule has 0 radical (unpaired) electrons. The summed E-state index contributed by atoms with van der Waals surface area (Å²) in [4.78, 5) is 18.5. The highest BCUT2D eigenvalue weighted by molar-refractivity contribution is 9.10. The van der Waals surface area contributed by atoms with E-state index in [1.54, 1.807) is 31.1 Å². The van der Waals surface area contributed by atoms with E-state index >= 15 is 0 Å². The van der Waals surface area contributed by atoms with Gasteiger partial charge in [0.2, 0.25) is 0 Å². The van der Waals surface area contributed by atoms with Gasteiger partial charge in [0.25, 0.3) is 5.91 Å². The zero-order valence-electron chi connectivity index (χ0n) is 14.5. The molecule has 4 nitrogen and oxygen atoms in total. The van der Waals surface area contributed by atoms with E-state index in [0.717, 1.165) is 15.6 Å². The van der Waals surface area contributed by atoms with E-state index in [4.69, 9.17) is 27.9 Å². The molecule has 2 aromatic carbocycles. The second kappa shape index (κ2) is 8.69. The van der Waals surface area contributed by atoms with Crippen LogP contribution in [0.1, 0.15) is 11.1 Å². The van der Waals surface area contributed by atoms with Gasteiger partial charge in [-0.3, -0.25) is 14.7 Å². The predicted octanol–water partition coefficient (Wildman–Crippen LogP) is 5.87. The first-order valence-electron chi connectivity index (χ1n) is 7.89. The van der Waals surface area contributed by atoms with Gasteiger partial charge in [0.15, 0.2) is 5.17 Å². The van der Waals surface area contributed by atoms with Crippen LogP contribution in [0.15, 0.2) is 50.8 Å². The Hall–Kier alpha value is -1.47. The lowest BCUT2D eigenvalue weighted by atomic mass is 10.2. The maximum absolute atomic E-state index is 12.2. The molecule has 1 aliphatic rings. The summed E-state index contributed by atoms with van der Waals surface area (Å²) in [6.07, 6.45) is 1.84. The average Bonchev–Trinajstić information content (AvgIpc) is 2.90. The second-order valence-electron chi connectivity index (χ2n) is 5.70. The van der Waals surface area contributed by atoms with Crippen molar-refractivity contribution in [1.82, 2.24) is 4.90 Å². The molecule has 0 bridgehead atoms. The van der Waals surface area contributed by atoms with E-state index in [0.29, 0.717) is 32.5 Å². The molecule has 1 saturated heterocycles. The zero-order chi connectivity index (χ0) is 19.6. The van der Waals surface area contributed by atoms with Gasteiger partial charge in [-0.1, -0.05) is 35.3 Å². The van der Waals surface area contributed by atoms with Gasteiger partial charge in [0.1, 0.15) is 12.4 Å². The van der Waals surface area contributed by atoms with Crippen molar-refractivity contribution in [1.29, 1.82) is 0 Å². The molecule has 1 amide bonds. The summed E-state index contributed by atoms with van der Waals surface area (Å²) in [5.41, 5.74) is 1.74. The van der Waals surface area contributed by atoms with E-state index in [1.165, 1.54) is 11.8 Å². The van der Waals surface area contributed by atoms with Gasteiger partial charge in [-0.25, -0.2) is 0 Å². The first-order valence-corrected chi connectivity index (χ1v) is 10.3. The number of benzene rings is 2. The van der Waals surface area contributed by atoms with Crippen molar-refractivity contribution in [3.8, 4) is 5.75 Å². The van der Waals surface area contributed by atoms with Gasteiger partial charge in [-0.2, -0.15) is 0 Å². The summed E-state index contributed by atoms with van der Waals surface area (Å²) in [5, 5.41) is 1.84. The Morgan fingerprint density at radius 3 is 2.67 bits per heavy atom. The number of amidine groups is 1. The molecular weight excluding hydrogens is 471 g/mol. The number of likely N-dealkylation sites (N-methyl/N-ethyl adjacent to an activating group) is 1. The predicted molar refractivity (Wildman–Crippen MR) is 117 cm³/mol. The molecule has 0 saturated carbocycles. The van der Waals surface area contributed by atoms with Crippen molar-refractivity contribution in [2.75, 3.05) is 14.1 Å². The molecule has 140 valence electrons. The Morgan fingerprint density at radius 1 is 1.26 bits per heavy atom. The molecule has 8 heteroatoms. The number of halogens is 3. The highest BCUT2D eigenvalue weighted by Gasteiger charge is 2.29.